The lowest BCUT2D eigenvalue weighted by molar-refractivity contribution is -0.119. The highest BCUT2D eigenvalue weighted by Gasteiger charge is 2.22. The molecule has 0 spiro atoms. The van der Waals surface area contributed by atoms with E-state index in [4.69, 9.17) is 4.42 Å². The summed E-state index contributed by atoms with van der Waals surface area (Å²) in [6.07, 6.45) is 1.56. The molecule has 3 amide bonds. The second-order valence-corrected chi connectivity index (χ2v) is 8.63. The molecule has 0 saturated carbocycles. The standard InChI is InChI=1S/C20H22N4O3S/c1-12(17(25)23-19(26)24-20(2,3)4)28-18-13-8-5-6-9-14(13)21-16(22-18)15-10-7-11-27-15/h5-12H,1-4H3,(H2,23,24,25,26). The minimum Gasteiger partial charge on any atom is -0.461 e. The molecular formula is C20H22N4O3S. The number of hydrogen-bond donors (Lipinski definition) is 2. The van der Waals surface area contributed by atoms with E-state index in [-0.39, 0.29) is 0 Å². The summed E-state index contributed by atoms with van der Waals surface area (Å²) in [4.78, 5) is 33.5. The highest BCUT2D eigenvalue weighted by Crippen LogP contribution is 2.31. The summed E-state index contributed by atoms with van der Waals surface area (Å²) in [6.45, 7) is 7.27. The lowest BCUT2D eigenvalue weighted by atomic mass is 10.1. The Kier molecular flexibility index (Phi) is 5.69. The quantitative estimate of drug-likeness (QED) is 0.509. The van der Waals surface area contributed by atoms with Crippen molar-refractivity contribution < 1.29 is 14.0 Å². The third-order valence-corrected chi connectivity index (χ3v) is 4.79. The molecule has 0 bridgehead atoms. The first-order valence-electron chi connectivity index (χ1n) is 8.83. The Morgan fingerprint density at radius 1 is 1.11 bits per heavy atom. The van der Waals surface area contributed by atoms with Gasteiger partial charge in [-0.25, -0.2) is 14.8 Å². The van der Waals surface area contributed by atoms with Gasteiger partial charge in [0.2, 0.25) is 5.91 Å². The van der Waals surface area contributed by atoms with Gasteiger partial charge in [-0.3, -0.25) is 10.1 Å². The van der Waals surface area contributed by atoms with Crippen molar-refractivity contribution in [3.63, 3.8) is 0 Å². The van der Waals surface area contributed by atoms with Crippen molar-refractivity contribution in [1.29, 1.82) is 0 Å². The van der Waals surface area contributed by atoms with Gasteiger partial charge in [0.25, 0.3) is 0 Å². The molecule has 0 saturated heterocycles. The van der Waals surface area contributed by atoms with Crippen LogP contribution >= 0.6 is 11.8 Å². The van der Waals surface area contributed by atoms with Crippen LogP contribution in [0.3, 0.4) is 0 Å². The second kappa shape index (κ2) is 8.02. The molecule has 1 aromatic carbocycles. The number of imide groups is 1. The first kappa shape index (κ1) is 19.9. The molecule has 0 fully saturated rings. The Balaban J connectivity index is 1.83. The SMILES string of the molecule is CC(Sc1nc(-c2ccco2)nc2ccccc12)C(=O)NC(=O)NC(C)(C)C. The number of urea groups is 1. The third-order valence-electron chi connectivity index (χ3n) is 3.69. The molecule has 28 heavy (non-hydrogen) atoms. The average Bonchev–Trinajstić information content (AvgIpc) is 3.14. The normalized spacial score (nSPS) is 12.6. The summed E-state index contributed by atoms with van der Waals surface area (Å²) < 4.78 is 5.41. The average molecular weight is 398 g/mol. The van der Waals surface area contributed by atoms with E-state index in [1.54, 1.807) is 25.3 Å². The minimum absolute atomic E-state index is 0.394. The Labute approximate surface area is 167 Å². The van der Waals surface area contributed by atoms with Gasteiger partial charge in [0, 0.05) is 10.9 Å². The fourth-order valence-corrected chi connectivity index (χ4v) is 3.40. The number of aromatic nitrogens is 2. The first-order chi connectivity index (χ1) is 13.2. The van der Waals surface area contributed by atoms with Gasteiger partial charge in [0.1, 0.15) is 5.03 Å². The van der Waals surface area contributed by atoms with Crippen LogP contribution in [0.1, 0.15) is 27.7 Å². The maximum atomic E-state index is 12.4. The fourth-order valence-electron chi connectivity index (χ4n) is 2.46. The van der Waals surface area contributed by atoms with Crippen LogP contribution in [0.25, 0.3) is 22.5 Å². The number of thioether (sulfide) groups is 1. The summed E-state index contributed by atoms with van der Waals surface area (Å²) in [6, 6.07) is 10.6. The Morgan fingerprint density at radius 3 is 2.54 bits per heavy atom. The van der Waals surface area contributed by atoms with Gasteiger partial charge in [0.05, 0.1) is 17.0 Å². The predicted octanol–water partition coefficient (Wildman–Crippen LogP) is 3.99. The Morgan fingerprint density at radius 2 is 1.86 bits per heavy atom. The molecule has 2 N–H and O–H groups in total. The second-order valence-electron chi connectivity index (χ2n) is 7.30. The topological polar surface area (TPSA) is 97.1 Å². The van der Waals surface area contributed by atoms with E-state index >= 15 is 0 Å². The van der Waals surface area contributed by atoms with E-state index in [1.807, 2.05) is 45.0 Å². The number of nitrogens with zero attached hydrogens (tertiary/aromatic N) is 2. The highest BCUT2D eigenvalue weighted by molar-refractivity contribution is 8.00. The summed E-state index contributed by atoms with van der Waals surface area (Å²) in [7, 11) is 0. The van der Waals surface area contributed by atoms with Crippen molar-refractivity contribution in [2.24, 2.45) is 0 Å². The lowest BCUT2D eigenvalue weighted by Crippen LogP contribution is -2.49. The molecule has 2 aromatic heterocycles. The zero-order valence-electron chi connectivity index (χ0n) is 16.1. The molecule has 0 aliphatic rings. The van der Waals surface area contributed by atoms with Crippen molar-refractivity contribution >= 4 is 34.6 Å². The molecule has 0 radical (unpaired) electrons. The van der Waals surface area contributed by atoms with Crippen LogP contribution in [-0.4, -0.2) is 32.7 Å². The zero-order chi connectivity index (χ0) is 20.3. The number of carbonyl (C=O) groups excluding carboxylic acids is 2. The van der Waals surface area contributed by atoms with E-state index < -0.39 is 22.7 Å². The summed E-state index contributed by atoms with van der Waals surface area (Å²) >= 11 is 1.27. The van der Waals surface area contributed by atoms with E-state index in [0.29, 0.717) is 16.6 Å². The summed E-state index contributed by atoms with van der Waals surface area (Å²) in [5.74, 6) is 0.604. The van der Waals surface area contributed by atoms with E-state index in [2.05, 4.69) is 20.6 Å². The maximum absolute atomic E-state index is 12.4. The number of furan rings is 1. The Bertz CT molecular complexity index is 996. The van der Waals surface area contributed by atoms with Gasteiger partial charge >= 0.3 is 6.03 Å². The van der Waals surface area contributed by atoms with Crippen LogP contribution in [-0.2, 0) is 4.79 Å². The van der Waals surface area contributed by atoms with Crippen molar-refractivity contribution in [2.75, 3.05) is 0 Å². The maximum Gasteiger partial charge on any atom is 0.321 e. The van der Waals surface area contributed by atoms with Gasteiger partial charge in [-0.1, -0.05) is 30.0 Å². The van der Waals surface area contributed by atoms with Gasteiger partial charge < -0.3 is 9.73 Å². The molecule has 3 rings (SSSR count). The molecule has 0 aliphatic heterocycles. The van der Waals surface area contributed by atoms with E-state index in [9.17, 15) is 9.59 Å². The molecule has 0 aliphatic carbocycles. The molecule has 7 nitrogen and oxygen atoms in total. The number of nitrogens with one attached hydrogen (secondary N) is 2. The van der Waals surface area contributed by atoms with Gasteiger partial charge in [-0.2, -0.15) is 0 Å². The number of fused-ring (bicyclic) bond motifs is 1. The first-order valence-corrected chi connectivity index (χ1v) is 9.71. The fraction of sp³-hybridized carbons (Fsp3) is 0.300. The van der Waals surface area contributed by atoms with Crippen LogP contribution in [0.5, 0.6) is 0 Å². The molecular weight excluding hydrogens is 376 g/mol. The molecule has 146 valence electrons. The van der Waals surface area contributed by atoms with Gasteiger partial charge in [0.15, 0.2) is 11.6 Å². The van der Waals surface area contributed by atoms with Crippen LogP contribution in [0.15, 0.2) is 52.1 Å². The molecule has 8 heteroatoms. The molecule has 1 atom stereocenters. The number of rotatable bonds is 4. The highest BCUT2D eigenvalue weighted by atomic mass is 32.2. The monoisotopic (exact) mass is 398 g/mol. The summed E-state index contributed by atoms with van der Waals surface area (Å²) in [5, 5.41) is 6.03. The lowest BCUT2D eigenvalue weighted by Gasteiger charge is -2.21. The Hall–Kier alpha value is -2.87. The molecule has 3 aromatic rings. The smallest absolute Gasteiger partial charge is 0.321 e. The van der Waals surface area contributed by atoms with Gasteiger partial charge in [-0.15, -0.1) is 0 Å². The predicted molar refractivity (Wildman–Crippen MR) is 109 cm³/mol. The minimum atomic E-state index is -0.534. The number of benzene rings is 1. The van der Waals surface area contributed by atoms with Crippen LogP contribution in [0.2, 0.25) is 0 Å². The van der Waals surface area contributed by atoms with Crippen LogP contribution in [0, 0.1) is 0 Å². The number of carbonyl (C=O) groups is 2. The largest absolute Gasteiger partial charge is 0.461 e. The van der Waals surface area contributed by atoms with Gasteiger partial charge in [-0.05, 0) is 45.9 Å². The van der Waals surface area contributed by atoms with E-state index in [1.165, 1.54) is 11.8 Å². The number of amides is 3. The van der Waals surface area contributed by atoms with Crippen molar-refractivity contribution in [1.82, 2.24) is 20.6 Å². The summed E-state index contributed by atoms with van der Waals surface area (Å²) in [5.41, 5.74) is 0.325. The molecule has 1 unspecified atom stereocenters. The molecule has 2 heterocycles. The number of hydrogen-bond acceptors (Lipinski definition) is 6. The zero-order valence-corrected chi connectivity index (χ0v) is 17.0. The third kappa shape index (κ3) is 4.89. The van der Waals surface area contributed by atoms with Crippen molar-refractivity contribution in [2.45, 2.75) is 43.5 Å². The van der Waals surface area contributed by atoms with Crippen molar-refractivity contribution in [3.8, 4) is 11.6 Å². The van der Waals surface area contributed by atoms with Crippen LogP contribution in [0.4, 0.5) is 4.79 Å². The van der Waals surface area contributed by atoms with Crippen molar-refractivity contribution in [3.05, 3.63) is 42.7 Å². The number of para-hydroxylation sites is 1. The van der Waals surface area contributed by atoms with Crippen LogP contribution < -0.4 is 10.6 Å². The van der Waals surface area contributed by atoms with E-state index in [0.717, 1.165) is 10.9 Å².